The molecule has 9 heteroatoms. The molecule has 0 radical (unpaired) electrons. The van der Waals surface area contributed by atoms with Crippen molar-refractivity contribution < 1.29 is 23.8 Å². The molecular weight excluding hydrogens is 412 g/mol. The Labute approximate surface area is 188 Å². The van der Waals surface area contributed by atoms with E-state index in [1.165, 1.54) is 7.11 Å². The zero-order chi connectivity index (χ0) is 22.9. The molecule has 2 aromatic rings. The lowest BCUT2D eigenvalue weighted by Gasteiger charge is -2.35. The number of piperazine rings is 1. The third-order valence-electron chi connectivity index (χ3n) is 5.82. The number of aromatic nitrogens is 2. The minimum Gasteiger partial charge on any atom is -0.465 e. The van der Waals surface area contributed by atoms with Gasteiger partial charge in [-0.05, 0) is 45.4 Å². The molecule has 0 spiro atoms. The fraction of sp³-hybridized carbons (Fsp3) is 0.609. The number of hydrogen-bond acceptors (Lipinski definition) is 7. The molecule has 4 rings (SSSR count). The lowest BCUT2D eigenvalue weighted by Crippen LogP contribution is -2.49. The summed E-state index contributed by atoms with van der Waals surface area (Å²) in [5.41, 5.74) is 1.77. The van der Waals surface area contributed by atoms with Gasteiger partial charge < -0.3 is 23.7 Å². The lowest BCUT2D eigenvalue weighted by molar-refractivity contribution is -0.0592. The van der Waals surface area contributed by atoms with E-state index in [0.717, 1.165) is 43.0 Å². The quantitative estimate of drug-likeness (QED) is 0.656. The van der Waals surface area contributed by atoms with Gasteiger partial charge in [-0.1, -0.05) is 0 Å². The van der Waals surface area contributed by atoms with Crippen molar-refractivity contribution in [1.29, 1.82) is 0 Å². The lowest BCUT2D eigenvalue weighted by atomic mass is 10.1. The highest BCUT2D eigenvalue weighted by Crippen LogP contribution is 2.24. The largest absolute Gasteiger partial charge is 0.465 e. The van der Waals surface area contributed by atoms with E-state index in [1.807, 2.05) is 32.9 Å². The third-order valence-corrected chi connectivity index (χ3v) is 5.82. The van der Waals surface area contributed by atoms with Gasteiger partial charge in [-0.25, -0.2) is 14.6 Å². The second-order valence-electron chi connectivity index (χ2n) is 9.36. The Kier molecular flexibility index (Phi) is 6.39. The standard InChI is InChI=1S/C23H32N4O5/c1-23(2,3)32-22(29)26-10-8-25(9-11-26)15-20-24-18-6-5-16(21(28)30-4)13-19(18)27(20)14-17-7-12-31-17/h5-6,13,17H,7-12,14-15H2,1-4H3/t17-/m0/s1. The highest BCUT2D eigenvalue weighted by molar-refractivity contribution is 5.93. The molecule has 0 bridgehead atoms. The Morgan fingerprint density at radius 2 is 1.91 bits per heavy atom. The van der Waals surface area contributed by atoms with Crippen LogP contribution in [0.25, 0.3) is 11.0 Å². The molecule has 2 saturated heterocycles. The number of methoxy groups -OCH3 is 1. The number of rotatable bonds is 5. The Morgan fingerprint density at radius 3 is 2.50 bits per heavy atom. The highest BCUT2D eigenvalue weighted by Gasteiger charge is 2.28. The normalized spacial score (nSPS) is 19.6. The fourth-order valence-electron chi connectivity index (χ4n) is 3.99. The zero-order valence-electron chi connectivity index (χ0n) is 19.3. The van der Waals surface area contributed by atoms with Crippen molar-refractivity contribution in [3.8, 4) is 0 Å². The van der Waals surface area contributed by atoms with E-state index in [1.54, 1.807) is 11.0 Å². The van der Waals surface area contributed by atoms with Crippen LogP contribution in [-0.2, 0) is 27.3 Å². The number of carbonyl (C=O) groups excluding carboxylic acids is 2. The van der Waals surface area contributed by atoms with Crippen LogP contribution in [-0.4, -0.2) is 83.0 Å². The number of hydrogen-bond donors (Lipinski definition) is 0. The molecule has 9 nitrogen and oxygen atoms in total. The number of nitrogens with zero attached hydrogens (tertiary/aromatic N) is 4. The van der Waals surface area contributed by atoms with E-state index in [9.17, 15) is 9.59 Å². The molecule has 1 atom stereocenters. The molecule has 1 amide bonds. The average molecular weight is 445 g/mol. The molecule has 2 aliphatic rings. The minimum absolute atomic E-state index is 0.164. The first-order valence-corrected chi connectivity index (χ1v) is 11.1. The van der Waals surface area contributed by atoms with Gasteiger partial charge in [-0.15, -0.1) is 0 Å². The summed E-state index contributed by atoms with van der Waals surface area (Å²) in [6, 6.07) is 5.45. The maximum atomic E-state index is 12.3. The van der Waals surface area contributed by atoms with Crippen LogP contribution in [0.2, 0.25) is 0 Å². The van der Waals surface area contributed by atoms with Gasteiger partial charge in [0, 0.05) is 32.8 Å². The van der Waals surface area contributed by atoms with Gasteiger partial charge in [-0.2, -0.15) is 0 Å². The van der Waals surface area contributed by atoms with Gasteiger partial charge in [0.2, 0.25) is 0 Å². The van der Waals surface area contributed by atoms with Crippen LogP contribution in [0.1, 0.15) is 43.4 Å². The maximum Gasteiger partial charge on any atom is 0.410 e. The molecule has 1 aromatic carbocycles. The number of esters is 1. The molecule has 0 N–H and O–H groups in total. The van der Waals surface area contributed by atoms with Crippen molar-refractivity contribution in [1.82, 2.24) is 19.4 Å². The first-order chi connectivity index (χ1) is 15.2. The second kappa shape index (κ2) is 9.07. The molecule has 32 heavy (non-hydrogen) atoms. The first kappa shape index (κ1) is 22.5. The molecular formula is C23H32N4O5. The molecule has 2 aliphatic heterocycles. The van der Waals surface area contributed by atoms with E-state index >= 15 is 0 Å². The number of amides is 1. The summed E-state index contributed by atoms with van der Waals surface area (Å²) in [4.78, 5) is 33.3. The monoisotopic (exact) mass is 444 g/mol. The van der Waals surface area contributed by atoms with Crippen LogP contribution < -0.4 is 0 Å². The van der Waals surface area contributed by atoms with Crippen LogP contribution in [0.4, 0.5) is 4.79 Å². The van der Waals surface area contributed by atoms with E-state index in [-0.39, 0.29) is 18.2 Å². The molecule has 1 aromatic heterocycles. The predicted molar refractivity (Wildman–Crippen MR) is 119 cm³/mol. The molecule has 3 heterocycles. The number of imidazole rings is 1. The number of fused-ring (bicyclic) bond motifs is 1. The van der Waals surface area contributed by atoms with Gasteiger partial charge in [-0.3, -0.25) is 4.90 Å². The average Bonchev–Trinajstić information content (AvgIpc) is 3.05. The summed E-state index contributed by atoms with van der Waals surface area (Å²) in [5.74, 6) is 0.572. The third kappa shape index (κ3) is 5.05. The van der Waals surface area contributed by atoms with Crippen molar-refractivity contribution in [3.63, 3.8) is 0 Å². The Balaban J connectivity index is 1.49. The van der Waals surface area contributed by atoms with Crippen molar-refractivity contribution >= 4 is 23.1 Å². The SMILES string of the molecule is COC(=O)c1ccc2nc(CN3CCN(C(=O)OC(C)(C)C)CC3)n(C[C@@H]3CCO3)c2c1. The van der Waals surface area contributed by atoms with E-state index in [4.69, 9.17) is 19.2 Å². The molecule has 2 fully saturated rings. The zero-order valence-corrected chi connectivity index (χ0v) is 19.3. The number of benzene rings is 1. The Morgan fingerprint density at radius 1 is 1.19 bits per heavy atom. The van der Waals surface area contributed by atoms with E-state index in [2.05, 4.69) is 9.47 Å². The predicted octanol–water partition coefficient (Wildman–Crippen LogP) is 2.66. The smallest absolute Gasteiger partial charge is 0.410 e. The van der Waals surface area contributed by atoms with Gasteiger partial charge in [0.05, 0.1) is 42.9 Å². The first-order valence-electron chi connectivity index (χ1n) is 11.1. The Bertz CT molecular complexity index is 984. The van der Waals surface area contributed by atoms with Gasteiger partial charge in [0.25, 0.3) is 0 Å². The van der Waals surface area contributed by atoms with Crippen molar-refractivity contribution in [2.75, 3.05) is 39.9 Å². The van der Waals surface area contributed by atoms with E-state index in [0.29, 0.717) is 31.7 Å². The van der Waals surface area contributed by atoms with Crippen molar-refractivity contribution in [2.45, 2.75) is 52.0 Å². The van der Waals surface area contributed by atoms with Crippen LogP contribution in [0.3, 0.4) is 0 Å². The molecule has 0 unspecified atom stereocenters. The van der Waals surface area contributed by atoms with E-state index < -0.39 is 5.60 Å². The van der Waals surface area contributed by atoms with Gasteiger partial charge >= 0.3 is 12.1 Å². The molecule has 0 aliphatic carbocycles. The summed E-state index contributed by atoms with van der Waals surface area (Å²) in [7, 11) is 1.38. The minimum atomic E-state index is -0.494. The number of ether oxygens (including phenoxy) is 3. The highest BCUT2D eigenvalue weighted by atomic mass is 16.6. The maximum absolute atomic E-state index is 12.3. The summed E-state index contributed by atoms with van der Waals surface area (Å²) in [6.45, 7) is 10.5. The van der Waals surface area contributed by atoms with Crippen LogP contribution >= 0.6 is 0 Å². The van der Waals surface area contributed by atoms with Crippen LogP contribution in [0.15, 0.2) is 18.2 Å². The summed E-state index contributed by atoms with van der Waals surface area (Å²) in [5, 5.41) is 0. The summed E-state index contributed by atoms with van der Waals surface area (Å²) in [6.07, 6.45) is 0.920. The van der Waals surface area contributed by atoms with Crippen molar-refractivity contribution in [2.24, 2.45) is 0 Å². The summed E-state index contributed by atoms with van der Waals surface area (Å²) < 4.78 is 18.2. The second-order valence-corrected chi connectivity index (χ2v) is 9.36. The van der Waals surface area contributed by atoms with Crippen LogP contribution in [0.5, 0.6) is 0 Å². The topological polar surface area (TPSA) is 86.1 Å². The van der Waals surface area contributed by atoms with Gasteiger partial charge in [0.1, 0.15) is 11.4 Å². The summed E-state index contributed by atoms with van der Waals surface area (Å²) >= 11 is 0. The fourth-order valence-corrected chi connectivity index (χ4v) is 3.99. The molecule has 0 saturated carbocycles. The van der Waals surface area contributed by atoms with Gasteiger partial charge in [0.15, 0.2) is 0 Å². The van der Waals surface area contributed by atoms with Crippen LogP contribution in [0, 0.1) is 0 Å². The molecule has 174 valence electrons. The number of carbonyl (C=O) groups is 2. The Hall–Kier alpha value is -2.65. The van der Waals surface area contributed by atoms with Crippen molar-refractivity contribution in [3.05, 3.63) is 29.6 Å².